The molecule has 2 aromatic carbocycles. The molecule has 0 aromatic heterocycles. The highest BCUT2D eigenvalue weighted by atomic mass is 16.6. The van der Waals surface area contributed by atoms with E-state index in [1.54, 1.807) is 6.21 Å². The average Bonchev–Trinajstić information content (AvgIpc) is 2.62. The molecule has 0 saturated heterocycles. The Hall–Kier alpha value is -2.55. The molecule has 0 fully saturated rings. The van der Waals surface area contributed by atoms with Gasteiger partial charge in [0.25, 0.3) is 0 Å². The Bertz CT molecular complexity index is 908. The number of oxime groups is 1. The van der Waals surface area contributed by atoms with Gasteiger partial charge in [0.05, 0.1) is 11.9 Å². The average molecular weight is 304 g/mol. The standard InChI is InChI=1S/C20H20N2O/c1-3-22(4-2)19-16-8-6-5-7-15(16)13-18-17(19)10-9-14-11-12-21-23-20(14)18/h5-12H,3-4,13H2,1-2H3. The van der Waals surface area contributed by atoms with Crippen LogP contribution >= 0.6 is 0 Å². The molecule has 1 aliphatic carbocycles. The molecule has 0 bridgehead atoms. The number of hydrogen-bond donors (Lipinski definition) is 0. The van der Waals surface area contributed by atoms with Gasteiger partial charge in [-0.05, 0) is 25.5 Å². The van der Waals surface area contributed by atoms with Crippen LogP contribution in [-0.4, -0.2) is 24.2 Å². The molecule has 3 nitrogen and oxygen atoms in total. The zero-order valence-corrected chi connectivity index (χ0v) is 13.5. The minimum Gasteiger partial charge on any atom is -0.371 e. The summed E-state index contributed by atoms with van der Waals surface area (Å²) in [6, 6.07) is 13.1. The molecule has 1 aliphatic heterocycles. The lowest BCUT2D eigenvalue weighted by Crippen LogP contribution is -2.34. The van der Waals surface area contributed by atoms with E-state index in [9.17, 15) is 0 Å². The van der Waals surface area contributed by atoms with Crippen molar-refractivity contribution in [2.75, 3.05) is 13.1 Å². The van der Waals surface area contributed by atoms with Crippen molar-refractivity contribution in [3.63, 3.8) is 0 Å². The molecular formula is C20H20N2O. The minimum absolute atomic E-state index is 0.892. The van der Waals surface area contributed by atoms with Gasteiger partial charge < -0.3 is 9.74 Å². The van der Waals surface area contributed by atoms with Crippen LogP contribution in [0.25, 0.3) is 11.8 Å². The molecule has 0 saturated carbocycles. The molecule has 3 heteroatoms. The smallest absolute Gasteiger partial charge is 0.169 e. The summed E-state index contributed by atoms with van der Waals surface area (Å²) < 4.78 is 0. The van der Waals surface area contributed by atoms with E-state index in [1.165, 1.54) is 27.6 Å². The highest BCUT2D eigenvalue weighted by molar-refractivity contribution is 5.92. The predicted molar refractivity (Wildman–Crippen MR) is 94.0 cm³/mol. The monoisotopic (exact) mass is 304 g/mol. The van der Waals surface area contributed by atoms with E-state index in [0.29, 0.717) is 0 Å². The largest absolute Gasteiger partial charge is 0.371 e. The molecular weight excluding hydrogens is 284 g/mol. The van der Waals surface area contributed by atoms with Gasteiger partial charge in [-0.1, -0.05) is 41.6 Å². The molecule has 1 heterocycles. The van der Waals surface area contributed by atoms with E-state index in [1.807, 2.05) is 6.08 Å². The van der Waals surface area contributed by atoms with Gasteiger partial charge in [-0.3, -0.25) is 0 Å². The molecule has 2 aromatic rings. The summed E-state index contributed by atoms with van der Waals surface area (Å²) in [7, 11) is 0. The van der Waals surface area contributed by atoms with E-state index in [0.717, 1.165) is 30.5 Å². The van der Waals surface area contributed by atoms with Crippen LogP contribution in [0, 0.1) is 0 Å². The lowest BCUT2D eigenvalue weighted by molar-refractivity contribution is 0.335. The van der Waals surface area contributed by atoms with E-state index < -0.39 is 0 Å². The van der Waals surface area contributed by atoms with E-state index in [-0.39, 0.29) is 0 Å². The highest BCUT2D eigenvalue weighted by Gasteiger charge is 2.23. The molecule has 23 heavy (non-hydrogen) atoms. The lowest BCUT2D eigenvalue weighted by Gasteiger charge is -2.30. The maximum absolute atomic E-state index is 5.64. The van der Waals surface area contributed by atoms with E-state index in [4.69, 9.17) is 4.84 Å². The van der Waals surface area contributed by atoms with Crippen molar-refractivity contribution in [1.29, 1.82) is 0 Å². The number of benzene rings is 2. The van der Waals surface area contributed by atoms with E-state index in [2.05, 4.69) is 60.3 Å². The first-order valence-corrected chi connectivity index (χ1v) is 8.23. The van der Waals surface area contributed by atoms with Gasteiger partial charge in [-0.2, -0.15) is 0 Å². The second-order valence-corrected chi connectivity index (χ2v) is 5.88. The van der Waals surface area contributed by atoms with Crippen molar-refractivity contribution in [3.05, 3.63) is 63.5 Å². The summed E-state index contributed by atoms with van der Waals surface area (Å²) >= 11 is 0. The number of hydrogen-bond acceptors (Lipinski definition) is 3. The molecule has 116 valence electrons. The van der Waals surface area contributed by atoms with Crippen LogP contribution < -0.4 is 15.3 Å². The molecule has 2 aliphatic rings. The highest BCUT2D eigenvalue weighted by Crippen LogP contribution is 2.29. The first-order valence-electron chi connectivity index (χ1n) is 8.23. The van der Waals surface area contributed by atoms with Gasteiger partial charge in [0, 0.05) is 41.1 Å². The van der Waals surface area contributed by atoms with Crippen molar-refractivity contribution in [2.24, 2.45) is 5.16 Å². The normalized spacial score (nSPS) is 14.3. The quantitative estimate of drug-likeness (QED) is 0.869. The first kappa shape index (κ1) is 14.1. The zero-order valence-electron chi connectivity index (χ0n) is 13.5. The lowest BCUT2D eigenvalue weighted by atomic mass is 9.88. The summed E-state index contributed by atoms with van der Waals surface area (Å²) in [5.74, 6) is 0.907. The Morgan fingerprint density at radius 3 is 2.74 bits per heavy atom. The van der Waals surface area contributed by atoms with Gasteiger partial charge in [-0.15, -0.1) is 0 Å². The van der Waals surface area contributed by atoms with Crippen LogP contribution in [0.2, 0.25) is 0 Å². The van der Waals surface area contributed by atoms with Gasteiger partial charge in [0.15, 0.2) is 5.75 Å². The topological polar surface area (TPSA) is 24.8 Å². The van der Waals surface area contributed by atoms with E-state index >= 15 is 0 Å². The van der Waals surface area contributed by atoms with Crippen LogP contribution in [0.15, 0.2) is 41.6 Å². The molecule has 0 N–H and O–H groups in total. The second kappa shape index (κ2) is 5.58. The first-order chi connectivity index (χ1) is 11.3. The fourth-order valence-corrected chi connectivity index (χ4v) is 3.60. The van der Waals surface area contributed by atoms with Gasteiger partial charge in [-0.25, -0.2) is 0 Å². The van der Waals surface area contributed by atoms with Crippen molar-refractivity contribution >= 4 is 18.0 Å². The van der Waals surface area contributed by atoms with Crippen LogP contribution in [-0.2, 0) is 6.42 Å². The molecule has 0 atom stereocenters. The number of fused-ring (bicyclic) bond motifs is 4. The molecule has 0 amide bonds. The maximum atomic E-state index is 5.64. The van der Waals surface area contributed by atoms with Crippen molar-refractivity contribution in [3.8, 4) is 5.75 Å². The second-order valence-electron chi connectivity index (χ2n) is 5.88. The van der Waals surface area contributed by atoms with Crippen molar-refractivity contribution < 1.29 is 4.84 Å². The Morgan fingerprint density at radius 2 is 1.91 bits per heavy atom. The van der Waals surface area contributed by atoms with Crippen LogP contribution in [0.1, 0.15) is 30.5 Å². The fraction of sp³-hybridized carbons (Fsp3) is 0.250. The Morgan fingerprint density at radius 1 is 1.09 bits per heavy atom. The van der Waals surface area contributed by atoms with Crippen LogP contribution in [0.3, 0.4) is 0 Å². The Kier molecular flexibility index (Phi) is 3.41. The SMILES string of the molecule is CCN(CC)C1=c2ccc3c(c2Cc2ccccc21)ON=CC=3. The fourth-order valence-electron chi connectivity index (χ4n) is 3.60. The summed E-state index contributed by atoms with van der Waals surface area (Å²) in [5, 5.41) is 6.37. The zero-order chi connectivity index (χ0) is 15.8. The molecule has 0 spiro atoms. The van der Waals surface area contributed by atoms with Gasteiger partial charge in [0.1, 0.15) is 0 Å². The summed E-state index contributed by atoms with van der Waals surface area (Å²) in [4.78, 5) is 8.07. The third-order valence-corrected chi connectivity index (χ3v) is 4.72. The number of nitrogens with zero attached hydrogens (tertiary/aromatic N) is 2. The van der Waals surface area contributed by atoms with Crippen molar-refractivity contribution in [1.82, 2.24) is 4.90 Å². The van der Waals surface area contributed by atoms with Gasteiger partial charge >= 0.3 is 0 Å². The summed E-state index contributed by atoms with van der Waals surface area (Å²) in [6.07, 6.45) is 4.61. The summed E-state index contributed by atoms with van der Waals surface area (Å²) in [6.45, 7) is 6.39. The summed E-state index contributed by atoms with van der Waals surface area (Å²) in [5.41, 5.74) is 5.25. The van der Waals surface area contributed by atoms with Crippen molar-refractivity contribution in [2.45, 2.75) is 20.3 Å². The Balaban J connectivity index is 2.10. The van der Waals surface area contributed by atoms with Crippen LogP contribution in [0.4, 0.5) is 0 Å². The predicted octanol–water partition coefficient (Wildman–Crippen LogP) is 2.25. The third-order valence-electron chi connectivity index (χ3n) is 4.72. The maximum Gasteiger partial charge on any atom is 0.169 e. The molecule has 0 unspecified atom stereocenters. The Labute approximate surface area is 136 Å². The number of rotatable bonds is 3. The third kappa shape index (κ3) is 2.15. The minimum atomic E-state index is 0.892. The molecule has 0 radical (unpaired) electrons. The van der Waals surface area contributed by atoms with Crippen LogP contribution in [0.5, 0.6) is 5.75 Å². The molecule has 4 rings (SSSR count). The van der Waals surface area contributed by atoms with Gasteiger partial charge in [0.2, 0.25) is 0 Å².